The van der Waals surface area contributed by atoms with Crippen molar-refractivity contribution in [3.63, 3.8) is 0 Å². The summed E-state index contributed by atoms with van der Waals surface area (Å²) in [4.78, 5) is 6.88. The largest absolute Gasteiger partial charge is 0.290 e. The number of hydrogen-bond donors (Lipinski definition) is 0. The molecule has 1 fully saturated rings. The standard InChI is InChI=1S/C14H15ClN2S/c15-14-3-1-2-12(16-14)9-17(13-4-5-13)8-11-6-7-18-10-11/h1-3,6-7,10,13H,4-5,8-9H2. The SMILES string of the molecule is Clc1cccc(CN(Cc2ccsc2)C2CC2)n1. The predicted octanol–water partition coefficient (Wildman–Crippen LogP) is 3.96. The highest BCUT2D eigenvalue weighted by molar-refractivity contribution is 7.07. The summed E-state index contributed by atoms with van der Waals surface area (Å²) in [5.41, 5.74) is 2.46. The maximum atomic E-state index is 5.94. The van der Waals surface area contributed by atoms with Gasteiger partial charge in [0.1, 0.15) is 5.15 Å². The van der Waals surface area contributed by atoms with Gasteiger partial charge in [-0.15, -0.1) is 0 Å². The van der Waals surface area contributed by atoms with E-state index in [-0.39, 0.29) is 0 Å². The lowest BCUT2D eigenvalue weighted by Crippen LogP contribution is -2.25. The average Bonchev–Trinajstić information content (AvgIpc) is 3.08. The molecule has 2 aromatic heterocycles. The minimum Gasteiger partial charge on any atom is -0.290 e. The molecule has 0 spiro atoms. The van der Waals surface area contributed by atoms with Gasteiger partial charge in [-0.2, -0.15) is 11.3 Å². The first-order valence-electron chi connectivity index (χ1n) is 6.18. The van der Waals surface area contributed by atoms with Crippen molar-refractivity contribution in [3.05, 3.63) is 51.4 Å². The van der Waals surface area contributed by atoms with Crippen LogP contribution >= 0.6 is 22.9 Å². The van der Waals surface area contributed by atoms with Crippen LogP contribution in [0.2, 0.25) is 5.15 Å². The van der Waals surface area contributed by atoms with Crippen molar-refractivity contribution in [2.45, 2.75) is 32.0 Å². The normalized spacial score (nSPS) is 15.2. The number of rotatable bonds is 5. The van der Waals surface area contributed by atoms with Crippen LogP contribution in [0.3, 0.4) is 0 Å². The van der Waals surface area contributed by atoms with Crippen LogP contribution in [-0.2, 0) is 13.1 Å². The molecule has 0 atom stereocenters. The van der Waals surface area contributed by atoms with Crippen LogP contribution in [0.5, 0.6) is 0 Å². The summed E-state index contributed by atoms with van der Waals surface area (Å²) in [7, 11) is 0. The lowest BCUT2D eigenvalue weighted by atomic mass is 10.2. The number of pyridine rings is 1. The van der Waals surface area contributed by atoms with Crippen LogP contribution in [0, 0.1) is 0 Å². The van der Waals surface area contributed by atoms with Crippen molar-refractivity contribution in [2.75, 3.05) is 0 Å². The molecule has 0 unspecified atom stereocenters. The van der Waals surface area contributed by atoms with E-state index in [2.05, 4.69) is 32.8 Å². The molecule has 94 valence electrons. The zero-order valence-corrected chi connectivity index (χ0v) is 11.6. The summed E-state index contributed by atoms with van der Waals surface area (Å²) in [6.07, 6.45) is 2.62. The summed E-state index contributed by atoms with van der Waals surface area (Å²) in [5, 5.41) is 4.94. The molecule has 4 heteroatoms. The summed E-state index contributed by atoms with van der Waals surface area (Å²) in [6, 6.07) is 8.78. The van der Waals surface area contributed by atoms with Crippen LogP contribution < -0.4 is 0 Å². The Kier molecular flexibility index (Phi) is 3.64. The Labute approximate surface area is 116 Å². The van der Waals surface area contributed by atoms with E-state index in [0.717, 1.165) is 24.8 Å². The summed E-state index contributed by atoms with van der Waals surface area (Å²) in [6.45, 7) is 1.91. The van der Waals surface area contributed by atoms with Gasteiger partial charge in [-0.3, -0.25) is 4.90 Å². The molecule has 2 nitrogen and oxygen atoms in total. The van der Waals surface area contributed by atoms with E-state index in [0.29, 0.717) is 5.15 Å². The van der Waals surface area contributed by atoms with Crippen molar-refractivity contribution >= 4 is 22.9 Å². The van der Waals surface area contributed by atoms with E-state index < -0.39 is 0 Å². The van der Waals surface area contributed by atoms with Crippen LogP contribution in [0.25, 0.3) is 0 Å². The number of halogens is 1. The number of aromatic nitrogens is 1. The van der Waals surface area contributed by atoms with Gasteiger partial charge in [0, 0.05) is 19.1 Å². The molecule has 0 aliphatic heterocycles. The fraction of sp³-hybridized carbons (Fsp3) is 0.357. The Morgan fingerprint density at radius 3 is 2.83 bits per heavy atom. The molecule has 3 rings (SSSR count). The summed E-state index contributed by atoms with van der Waals surface area (Å²) >= 11 is 7.70. The lowest BCUT2D eigenvalue weighted by molar-refractivity contribution is 0.243. The second-order valence-corrected chi connectivity index (χ2v) is 5.89. The quantitative estimate of drug-likeness (QED) is 0.770. The second kappa shape index (κ2) is 5.39. The molecular weight excluding hydrogens is 264 g/mol. The van der Waals surface area contributed by atoms with Gasteiger partial charge in [-0.25, -0.2) is 4.98 Å². The van der Waals surface area contributed by atoms with Gasteiger partial charge in [0.05, 0.1) is 5.69 Å². The number of thiophene rings is 1. The third-order valence-electron chi connectivity index (χ3n) is 3.17. The van der Waals surface area contributed by atoms with E-state index in [1.54, 1.807) is 11.3 Å². The maximum Gasteiger partial charge on any atom is 0.129 e. The highest BCUT2D eigenvalue weighted by Gasteiger charge is 2.29. The van der Waals surface area contributed by atoms with E-state index in [4.69, 9.17) is 11.6 Å². The van der Waals surface area contributed by atoms with Gasteiger partial charge >= 0.3 is 0 Å². The molecule has 1 aliphatic carbocycles. The average molecular weight is 279 g/mol. The topological polar surface area (TPSA) is 16.1 Å². The smallest absolute Gasteiger partial charge is 0.129 e. The van der Waals surface area contributed by atoms with Crippen molar-refractivity contribution in [2.24, 2.45) is 0 Å². The van der Waals surface area contributed by atoms with E-state index in [1.165, 1.54) is 18.4 Å². The molecule has 1 aliphatic rings. The van der Waals surface area contributed by atoms with Gasteiger partial charge in [0.15, 0.2) is 0 Å². The molecule has 2 aromatic rings. The molecule has 0 amide bonds. The van der Waals surface area contributed by atoms with Gasteiger partial charge in [-0.1, -0.05) is 17.7 Å². The molecule has 0 N–H and O–H groups in total. The molecule has 0 saturated heterocycles. The summed E-state index contributed by atoms with van der Waals surface area (Å²) in [5.74, 6) is 0. The maximum absolute atomic E-state index is 5.94. The summed E-state index contributed by atoms with van der Waals surface area (Å²) < 4.78 is 0. The zero-order chi connectivity index (χ0) is 12.4. The monoisotopic (exact) mass is 278 g/mol. The Bertz CT molecular complexity index is 508. The number of nitrogens with zero attached hydrogens (tertiary/aromatic N) is 2. The van der Waals surface area contributed by atoms with Gasteiger partial charge in [-0.05, 0) is 47.4 Å². The molecule has 18 heavy (non-hydrogen) atoms. The second-order valence-electron chi connectivity index (χ2n) is 4.72. The van der Waals surface area contributed by atoms with E-state index in [9.17, 15) is 0 Å². The Morgan fingerprint density at radius 2 is 2.17 bits per heavy atom. The first-order valence-corrected chi connectivity index (χ1v) is 7.50. The zero-order valence-electron chi connectivity index (χ0n) is 10.1. The minimum absolute atomic E-state index is 0.582. The first kappa shape index (κ1) is 12.2. The molecule has 0 radical (unpaired) electrons. The first-order chi connectivity index (χ1) is 8.81. The molecule has 1 saturated carbocycles. The predicted molar refractivity (Wildman–Crippen MR) is 75.8 cm³/mol. The van der Waals surface area contributed by atoms with Crippen molar-refractivity contribution in [1.29, 1.82) is 0 Å². The molecule has 0 aromatic carbocycles. The van der Waals surface area contributed by atoms with Crippen LogP contribution in [-0.4, -0.2) is 15.9 Å². The fourth-order valence-corrected chi connectivity index (χ4v) is 2.96. The molecular formula is C14H15ClN2S. The Hall–Kier alpha value is -0.900. The lowest BCUT2D eigenvalue weighted by Gasteiger charge is -2.21. The van der Waals surface area contributed by atoms with Crippen molar-refractivity contribution < 1.29 is 0 Å². The Morgan fingerprint density at radius 1 is 1.28 bits per heavy atom. The Balaban J connectivity index is 1.70. The van der Waals surface area contributed by atoms with Gasteiger partial charge < -0.3 is 0 Å². The minimum atomic E-state index is 0.582. The fourth-order valence-electron chi connectivity index (χ4n) is 2.12. The van der Waals surface area contributed by atoms with E-state index in [1.807, 2.05) is 12.1 Å². The molecule has 2 heterocycles. The third-order valence-corrected chi connectivity index (χ3v) is 4.11. The highest BCUT2D eigenvalue weighted by Crippen LogP contribution is 2.30. The van der Waals surface area contributed by atoms with E-state index >= 15 is 0 Å². The third kappa shape index (κ3) is 3.10. The number of hydrogen-bond acceptors (Lipinski definition) is 3. The van der Waals surface area contributed by atoms with Crippen LogP contribution in [0.1, 0.15) is 24.1 Å². The van der Waals surface area contributed by atoms with Crippen LogP contribution in [0.15, 0.2) is 35.0 Å². The van der Waals surface area contributed by atoms with Crippen LogP contribution in [0.4, 0.5) is 0 Å². The van der Waals surface area contributed by atoms with Gasteiger partial charge in [0.2, 0.25) is 0 Å². The van der Waals surface area contributed by atoms with Gasteiger partial charge in [0.25, 0.3) is 0 Å². The molecule has 0 bridgehead atoms. The highest BCUT2D eigenvalue weighted by atomic mass is 35.5. The van der Waals surface area contributed by atoms with Crippen molar-refractivity contribution in [1.82, 2.24) is 9.88 Å². The van der Waals surface area contributed by atoms with Crippen molar-refractivity contribution in [3.8, 4) is 0 Å².